The Morgan fingerprint density at radius 2 is 1.63 bits per heavy atom. The smallest absolute Gasteiger partial charge is 0.408 e. The number of rotatable bonds is 13. The van der Waals surface area contributed by atoms with Crippen molar-refractivity contribution < 1.29 is 23.9 Å². The van der Waals surface area contributed by atoms with Gasteiger partial charge in [-0.15, -0.1) is 0 Å². The van der Waals surface area contributed by atoms with Gasteiger partial charge in [0.15, 0.2) is 0 Å². The number of methoxy groups -OCH3 is 1. The summed E-state index contributed by atoms with van der Waals surface area (Å²) in [6.45, 7) is 15.7. The summed E-state index contributed by atoms with van der Waals surface area (Å²) in [4.78, 5) is 43.0. The van der Waals surface area contributed by atoms with Gasteiger partial charge in [0.1, 0.15) is 23.4 Å². The van der Waals surface area contributed by atoms with Crippen molar-refractivity contribution in [1.29, 1.82) is 0 Å². The molecule has 0 aromatic heterocycles. The molecule has 0 saturated heterocycles. The maximum Gasteiger partial charge on any atom is 0.408 e. The average Bonchev–Trinajstić information content (AvgIpc) is 2.88. The summed E-state index contributed by atoms with van der Waals surface area (Å²) < 4.78 is 10.7. The van der Waals surface area contributed by atoms with Gasteiger partial charge in [-0.2, -0.15) is 0 Å². The van der Waals surface area contributed by atoms with Gasteiger partial charge in [-0.05, 0) is 88.8 Å². The molecule has 0 spiro atoms. The predicted octanol–water partition coefficient (Wildman–Crippen LogP) is 6.95. The highest BCUT2D eigenvalue weighted by Crippen LogP contribution is 2.29. The van der Waals surface area contributed by atoms with Crippen LogP contribution in [0.3, 0.4) is 0 Å². The molecule has 2 unspecified atom stereocenters. The van der Waals surface area contributed by atoms with Crippen LogP contribution in [0.1, 0.15) is 90.0 Å². The second kappa shape index (κ2) is 15.5. The van der Waals surface area contributed by atoms with E-state index in [0.29, 0.717) is 24.4 Å². The molecule has 0 aliphatic rings. The molecular weight excluding hydrogens is 518 g/mol. The van der Waals surface area contributed by atoms with Gasteiger partial charge >= 0.3 is 6.09 Å². The quantitative estimate of drug-likeness (QED) is 0.255. The average molecular weight is 568 g/mol. The van der Waals surface area contributed by atoms with Gasteiger partial charge in [-0.1, -0.05) is 57.4 Å². The molecule has 0 heterocycles. The van der Waals surface area contributed by atoms with Gasteiger partial charge in [0, 0.05) is 12.2 Å². The number of hydrogen-bond acceptors (Lipinski definition) is 5. The zero-order valence-corrected chi connectivity index (χ0v) is 26.3. The number of nitrogens with zero attached hydrogens (tertiary/aromatic N) is 1. The molecule has 0 bridgehead atoms. The van der Waals surface area contributed by atoms with E-state index in [-0.39, 0.29) is 17.7 Å². The molecule has 0 aliphatic heterocycles. The van der Waals surface area contributed by atoms with E-state index in [2.05, 4.69) is 17.6 Å². The van der Waals surface area contributed by atoms with Crippen LogP contribution in [0.25, 0.3) is 0 Å². The largest absolute Gasteiger partial charge is 0.497 e. The molecule has 2 atom stereocenters. The molecule has 8 heteroatoms. The van der Waals surface area contributed by atoms with Crippen LogP contribution in [0.5, 0.6) is 5.75 Å². The van der Waals surface area contributed by atoms with Crippen LogP contribution >= 0.6 is 0 Å². The first-order valence-electron chi connectivity index (χ1n) is 14.6. The zero-order chi connectivity index (χ0) is 30.7. The third-order valence-electron chi connectivity index (χ3n) is 6.63. The van der Waals surface area contributed by atoms with E-state index in [4.69, 9.17) is 9.47 Å². The fraction of sp³-hybridized carbons (Fsp3) is 0.545. The molecule has 2 N–H and O–H groups in total. The lowest BCUT2D eigenvalue weighted by molar-refractivity contribution is -0.141. The zero-order valence-electron chi connectivity index (χ0n) is 26.3. The third-order valence-corrected chi connectivity index (χ3v) is 6.63. The summed E-state index contributed by atoms with van der Waals surface area (Å²) in [5.41, 5.74) is 2.52. The normalized spacial score (nSPS) is 12.8. The van der Waals surface area contributed by atoms with Crippen LogP contribution < -0.4 is 15.4 Å². The first kappa shape index (κ1) is 33.7. The number of hydrogen-bond donors (Lipinski definition) is 2. The number of nitrogens with one attached hydrogen (secondary N) is 2. The van der Waals surface area contributed by atoms with Crippen molar-refractivity contribution >= 4 is 23.6 Å². The fourth-order valence-electron chi connectivity index (χ4n) is 4.63. The van der Waals surface area contributed by atoms with E-state index < -0.39 is 23.8 Å². The molecular formula is C33H49N3O5. The van der Waals surface area contributed by atoms with Crippen molar-refractivity contribution in [3.63, 3.8) is 0 Å². The Morgan fingerprint density at radius 1 is 0.976 bits per heavy atom. The van der Waals surface area contributed by atoms with Crippen molar-refractivity contribution in [2.24, 2.45) is 5.92 Å². The van der Waals surface area contributed by atoms with Crippen LogP contribution in [-0.4, -0.2) is 48.1 Å². The summed E-state index contributed by atoms with van der Waals surface area (Å²) in [6.07, 6.45) is 2.33. The third kappa shape index (κ3) is 10.7. The molecule has 41 heavy (non-hydrogen) atoms. The van der Waals surface area contributed by atoms with Crippen LogP contribution in [0.2, 0.25) is 0 Å². The van der Waals surface area contributed by atoms with Crippen molar-refractivity contribution in [2.75, 3.05) is 19.0 Å². The lowest BCUT2D eigenvalue weighted by Crippen LogP contribution is -2.53. The fourth-order valence-corrected chi connectivity index (χ4v) is 4.63. The second-order valence-electron chi connectivity index (χ2n) is 12.0. The first-order chi connectivity index (χ1) is 19.2. The van der Waals surface area contributed by atoms with E-state index in [1.165, 1.54) is 0 Å². The Hall–Kier alpha value is -3.55. The Morgan fingerprint density at radius 3 is 2.20 bits per heavy atom. The van der Waals surface area contributed by atoms with Crippen LogP contribution in [0.4, 0.5) is 10.5 Å². The number of benzene rings is 2. The van der Waals surface area contributed by atoms with Gasteiger partial charge in [-0.3, -0.25) is 9.59 Å². The van der Waals surface area contributed by atoms with Gasteiger partial charge in [-0.25, -0.2) is 4.79 Å². The minimum Gasteiger partial charge on any atom is -0.497 e. The van der Waals surface area contributed by atoms with Gasteiger partial charge < -0.3 is 25.0 Å². The SMILES string of the molecule is CCCCCN(C(=O)C(CC(C)C)NC(=O)OC(C)(C)C)C(C(=O)Nc1ccc(OC)cc1)c1cc(C)ccc1C. The molecule has 2 aromatic carbocycles. The lowest BCUT2D eigenvalue weighted by Gasteiger charge is -2.35. The van der Waals surface area contributed by atoms with Crippen LogP contribution in [-0.2, 0) is 14.3 Å². The minimum atomic E-state index is -0.906. The summed E-state index contributed by atoms with van der Waals surface area (Å²) >= 11 is 0. The Balaban J connectivity index is 2.58. The summed E-state index contributed by atoms with van der Waals surface area (Å²) in [6, 6.07) is 11.3. The molecule has 3 amide bonds. The lowest BCUT2D eigenvalue weighted by atomic mass is 9.94. The number of carbonyl (C=O) groups excluding carboxylic acids is 3. The first-order valence-corrected chi connectivity index (χ1v) is 14.6. The van der Waals surface area contributed by atoms with Crippen molar-refractivity contribution in [3.05, 3.63) is 59.2 Å². The number of amides is 3. The number of carbonyl (C=O) groups is 3. The maximum absolute atomic E-state index is 14.4. The Labute approximate surface area is 246 Å². The van der Waals surface area contributed by atoms with E-state index >= 15 is 0 Å². The number of anilines is 1. The van der Waals surface area contributed by atoms with Gasteiger partial charge in [0.05, 0.1) is 7.11 Å². The molecule has 8 nitrogen and oxygen atoms in total. The van der Waals surface area contributed by atoms with Gasteiger partial charge in [0.25, 0.3) is 5.91 Å². The van der Waals surface area contributed by atoms with Gasteiger partial charge in [0.2, 0.25) is 5.91 Å². The Bertz CT molecular complexity index is 1150. The van der Waals surface area contributed by atoms with Crippen molar-refractivity contribution in [2.45, 2.75) is 98.8 Å². The summed E-state index contributed by atoms with van der Waals surface area (Å²) in [5.74, 6) is 0.157. The van der Waals surface area contributed by atoms with E-state index in [9.17, 15) is 14.4 Å². The van der Waals surface area contributed by atoms with Crippen LogP contribution in [0, 0.1) is 19.8 Å². The molecule has 226 valence electrons. The summed E-state index contributed by atoms with van der Waals surface area (Å²) in [7, 11) is 1.59. The minimum absolute atomic E-state index is 0.115. The van der Waals surface area contributed by atoms with E-state index in [1.54, 1.807) is 57.0 Å². The van der Waals surface area contributed by atoms with E-state index in [0.717, 1.165) is 36.0 Å². The van der Waals surface area contributed by atoms with E-state index in [1.807, 2.05) is 45.9 Å². The number of aryl methyl sites for hydroxylation is 2. The highest BCUT2D eigenvalue weighted by Gasteiger charge is 2.37. The molecule has 0 radical (unpaired) electrons. The number of alkyl carbamates (subject to hydrolysis) is 1. The predicted molar refractivity (Wildman–Crippen MR) is 164 cm³/mol. The highest BCUT2D eigenvalue weighted by atomic mass is 16.6. The standard InChI is InChI=1S/C33H49N3O5/c1-10-11-12-19-36(31(38)28(20-22(2)3)35-32(39)41-33(6,7)8)29(27-21-23(4)13-14-24(27)5)30(37)34-25-15-17-26(40-9)18-16-25/h13-18,21-22,28-29H,10-12,19-20H2,1-9H3,(H,34,37)(H,35,39). The van der Waals surface area contributed by atoms with Crippen LogP contribution in [0.15, 0.2) is 42.5 Å². The van der Waals surface area contributed by atoms with Crippen molar-refractivity contribution in [1.82, 2.24) is 10.2 Å². The monoisotopic (exact) mass is 567 g/mol. The molecule has 0 saturated carbocycles. The highest BCUT2D eigenvalue weighted by molar-refractivity contribution is 5.99. The molecule has 2 aromatic rings. The Kier molecular flexibility index (Phi) is 12.7. The summed E-state index contributed by atoms with van der Waals surface area (Å²) in [5, 5.41) is 5.83. The molecule has 0 aliphatic carbocycles. The topological polar surface area (TPSA) is 97.0 Å². The number of ether oxygens (including phenoxy) is 2. The molecule has 2 rings (SSSR count). The number of unbranched alkanes of at least 4 members (excludes halogenated alkanes) is 2. The maximum atomic E-state index is 14.4. The second-order valence-corrected chi connectivity index (χ2v) is 12.0. The van der Waals surface area contributed by atoms with Crippen molar-refractivity contribution in [3.8, 4) is 5.75 Å². The molecule has 0 fully saturated rings.